The first-order chi connectivity index (χ1) is 20.8. The lowest BCUT2D eigenvalue weighted by molar-refractivity contribution is 0.629. The van der Waals surface area contributed by atoms with Crippen molar-refractivity contribution in [2.75, 3.05) is 4.90 Å². The quantitative estimate of drug-likeness (QED) is 0.144. The highest BCUT2D eigenvalue weighted by Crippen LogP contribution is 2.54. The zero-order valence-corrected chi connectivity index (χ0v) is 25.1. The van der Waals surface area contributed by atoms with Crippen molar-refractivity contribution in [3.8, 4) is 11.1 Å². The van der Waals surface area contributed by atoms with Crippen LogP contribution >= 0.6 is 23.2 Å². The van der Waals surface area contributed by atoms with E-state index in [0.29, 0.717) is 10.7 Å². The highest BCUT2D eigenvalue weighted by Gasteiger charge is 2.36. The van der Waals surface area contributed by atoms with Gasteiger partial charge in [-0.05, 0) is 85.6 Å². The van der Waals surface area contributed by atoms with E-state index in [-0.39, 0.29) is 10.4 Å². The first-order valence-electron chi connectivity index (χ1n) is 14.4. The van der Waals surface area contributed by atoms with Crippen molar-refractivity contribution < 1.29 is 4.39 Å². The van der Waals surface area contributed by atoms with Gasteiger partial charge in [0.1, 0.15) is 0 Å². The van der Waals surface area contributed by atoms with Gasteiger partial charge in [0.2, 0.25) is 0 Å². The second-order valence-electron chi connectivity index (χ2n) is 11.8. The van der Waals surface area contributed by atoms with Crippen LogP contribution in [0.25, 0.3) is 43.4 Å². The van der Waals surface area contributed by atoms with Gasteiger partial charge in [-0.2, -0.15) is 0 Å². The molecule has 0 amide bonds. The third-order valence-corrected chi connectivity index (χ3v) is 9.49. The number of nitrogens with zero attached hydrogens (tertiary/aromatic N) is 1. The van der Waals surface area contributed by atoms with Gasteiger partial charge in [0, 0.05) is 21.5 Å². The van der Waals surface area contributed by atoms with Crippen LogP contribution in [0.2, 0.25) is 10.0 Å². The molecular formula is C39H26Cl2FN. The van der Waals surface area contributed by atoms with Gasteiger partial charge in [-0.1, -0.05) is 122 Å². The molecule has 7 aromatic rings. The van der Waals surface area contributed by atoms with Crippen molar-refractivity contribution in [1.29, 1.82) is 0 Å². The average molecular weight is 599 g/mol. The van der Waals surface area contributed by atoms with Crippen molar-refractivity contribution in [2.45, 2.75) is 19.3 Å². The summed E-state index contributed by atoms with van der Waals surface area (Å²) < 4.78 is 16.1. The molecule has 0 bridgehead atoms. The van der Waals surface area contributed by atoms with Gasteiger partial charge in [-0.25, -0.2) is 4.39 Å². The third kappa shape index (κ3) is 3.90. The summed E-state index contributed by atoms with van der Waals surface area (Å²) in [6, 6.07) is 41.1. The molecule has 0 radical (unpaired) electrons. The Kier molecular flexibility index (Phi) is 5.85. The standard InChI is InChI=1S/C39H26Cl2FN/c1-39(2)31-14-8-13-29-34(22-30-28-12-7-6-11-25(28)19-32(39)37(30)36(29)31)43(35-21-26(40)20-33(41)38(35)42)27-17-15-24(16-18-27)23-9-4-3-5-10-23/h3-22H,1-2H3. The van der Waals surface area contributed by atoms with Crippen LogP contribution in [-0.2, 0) is 5.41 Å². The van der Waals surface area contributed by atoms with Crippen molar-refractivity contribution in [3.63, 3.8) is 0 Å². The van der Waals surface area contributed by atoms with E-state index in [2.05, 4.69) is 92.7 Å². The van der Waals surface area contributed by atoms with Gasteiger partial charge in [0.15, 0.2) is 5.82 Å². The monoisotopic (exact) mass is 597 g/mol. The predicted molar refractivity (Wildman–Crippen MR) is 181 cm³/mol. The molecule has 0 aromatic heterocycles. The molecule has 8 rings (SSSR count). The van der Waals surface area contributed by atoms with E-state index >= 15 is 4.39 Å². The summed E-state index contributed by atoms with van der Waals surface area (Å²) in [5, 5.41) is 7.38. The zero-order chi connectivity index (χ0) is 29.5. The van der Waals surface area contributed by atoms with Gasteiger partial charge in [0.05, 0.1) is 16.4 Å². The Labute approximate surface area is 259 Å². The van der Waals surface area contributed by atoms with Crippen molar-refractivity contribution in [3.05, 3.63) is 148 Å². The molecule has 4 heteroatoms. The number of rotatable bonds is 4. The second-order valence-corrected chi connectivity index (χ2v) is 12.6. The minimum Gasteiger partial charge on any atom is -0.307 e. The normalized spacial score (nSPS) is 13.4. The number of hydrogen-bond donors (Lipinski definition) is 0. The second kappa shape index (κ2) is 9.57. The maximum atomic E-state index is 16.1. The van der Waals surface area contributed by atoms with Crippen molar-refractivity contribution in [1.82, 2.24) is 0 Å². The molecule has 0 spiro atoms. The number of anilines is 3. The Morgan fingerprint density at radius 2 is 1.26 bits per heavy atom. The van der Waals surface area contributed by atoms with Crippen LogP contribution in [-0.4, -0.2) is 0 Å². The van der Waals surface area contributed by atoms with Crippen LogP contribution in [0.4, 0.5) is 21.5 Å². The molecule has 1 aliphatic rings. The molecule has 0 saturated heterocycles. The Morgan fingerprint density at radius 1 is 0.581 bits per heavy atom. The lowest BCUT2D eigenvalue weighted by Crippen LogP contribution is -2.15. The maximum Gasteiger partial charge on any atom is 0.165 e. The Hall–Kier alpha value is -4.37. The fourth-order valence-corrected chi connectivity index (χ4v) is 7.42. The van der Waals surface area contributed by atoms with E-state index in [0.717, 1.165) is 33.3 Å². The van der Waals surface area contributed by atoms with Gasteiger partial charge in [-0.3, -0.25) is 0 Å². The molecule has 7 aromatic carbocycles. The fourth-order valence-electron chi connectivity index (χ4n) is 6.93. The van der Waals surface area contributed by atoms with Crippen molar-refractivity contribution >= 4 is 72.6 Å². The summed E-state index contributed by atoms with van der Waals surface area (Å²) in [6.07, 6.45) is 0. The molecule has 208 valence electrons. The molecule has 0 N–H and O–H groups in total. The summed E-state index contributed by atoms with van der Waals surface area (Å²) in [7, 11) is 0. The Balaban J connectivity index is 1.49. The molecule has 1 aliphatic carbocycles. The smallest absolute Gasteiger partial charge is 0.165 e. The largest absolute Gasteiger partial charge is 0.307 e. The lowest BCUT2D eigenvalue weighted by atomic mass is 9.81. The summed E-state index contributed by atoms with van der Waals surface area (Å²) in [4.78, 5) is 1.97. The van der Waals surface area contributed by atoms with Crippen LogP contribution in [0.1, 0.15) is 25.0 Å². The number of hydrogen-bond acceptors (Lipinski definition) is 1. The van der Waals surface area contributed by atoms with E-state index < -0.39 is 5.82 Å². The first kappa shape index (κ1) is 26.3. The van der Waals surface area contributed by atoms with Crippen LogP contribution < -0.4 is 4.90 Å². The van der Waals surface area contributed by atoms with E-state index in [4.69, 9.17) is 23.2 Å². The molecule has 43 heavy (non-hydrogen) atoms. The maximum absolute atomic E-state index is 16.1. The molecule has 0 unspecified atom stereocenters. The average Bonchev–Trinajstić information content (AvgIpc) is 3.26. The molecule has 0 fully saturated rings. The molecule has 0 aliphatic heterocycles. The SMILES string of the molecule is CC1(C)c2cccc3c(N(c4ccc(-c5ccccc5)cc4)c4cc(Cl)cc(Cl)c4F)cc4c5ccccc5cc1c4c23. The number of fused-ring (bicyclic) bond motifs is 2. The van der Waals surface area contributed by atoms with Gasteiger partial charge < -0.3 is 4.90 Å². The van der Waals surface area contributed by atoms with Crippen LogP contribution in [0.3, 0.4) is 0 Å². The molecular weight excluding hydrogens is 572 g/mol. The Bertz CT molecular complexity index is 2240. The lowest BCUT2D eigenvalue weighted by Gasteiger charge is -2.28. The van der Waals surface area contributed by atoms with E-state index in [1.165, 1.54) is 38.7 Å². The zero-order valence-electron chi connectivity index (χ0n) is 23.6. The van der Waals surface area contributed by atoms with Crippen molar-refractivity contribution in [2.24, 2.45) is 0 Å². The minimum atomic E-state index is -0.517. The molecule has 0 saturated carbocycles. The molecule has 1 nitrogen and oxygen atoms in total. The molecule has 0 atom stereocenters. The predicted octanol–water partition coefficient (Wildman–Crippen LogP) is 12.4. The van der Waals surface area contributed by atoms with E-state index in [1.807, 2.05) is 35.2 Å². The van der Waals surface area contributed by atoms with Gasteiger partial charge >= 0.3 is 0 Å². The molecule has 0 heterocycles. The summed E-state index contributed by atoms with van der Waals surface area (Å²) in [5.74, 6) is -0.517. The number of benzene rings is 7. The highest BCUT2D eigenvalue weighted by molar-refractivity contribution is 6.35. The summed E-state index contributed by atoms with van der Waals surface area (Å²) >= 11 is 13.0. The topological polar surface area (TPSA) is 3.24 Å². The Morgan fingerprint density at radius 3 is 2.05 bits per heavy atom. The highest BCUT2D eigenvalue weighted by atomic mass is 35.5. The van der Waals surface area contributed by atoms with E-state index in [9.17, 15) is 0 Å². The third-order valence-electron chi connectivity index (χ3n) is 9.00. The number of halogens is 3. The fraction of sp³-hybridized carbons (Fsp3) is 0.0769. The minimum absolute atomic E-state index is 0.0163. The summed E-state index contributed by atoms with van der Waals surface area (Å²) in [5.41, 5.74) is 6.57. The summed E-state index contributed by atoms with van der Waals surface area (Å²) in [6.45, 7) is 4.59. The van der Waals surface area contributed by atoms with Crippen LogP contribution in [0.15, 0.2) is 121 Å². The van der Waals surface area contributed by atoms with Crippen LogP contribution in [0, 0.1) is 5.82 Å². The van der Waals surface area contributed by atoms with Gasteiger partial charge in [-0.15, -0.1) is 0 Å². The van der Waals surface area contributed by atoms with E-state index in [1.54, 1.807) is 6.07 Å². The van der Waals surface area contributed by atoms with Gasteiger partial charge in [0.25, 0.3) is 0 Å². The first-order valence-corrected chi connectivity index (χ1v) is 15.1. The van der Waals surface area contributed by atoms with Crippen LogP contribution in [0.5, 0.6) is 0 Å².